The van der Waals surface area contributed by atoms with Gasteiger partial charge in [0.05, 0.1) is 20.6 Å². The molecule has 0 fully saturated rings. The lowest BCUT2D eigenvalue weighted by Gasteiger charge is -2.52. The molecule has 0 aliphatic rings. The van der Waals surface area contributed by atoms with E-state index in [2.05, 4.69) is 44.6 Å². The zero-order valence-electron chi connectivity index (χ0n) is 12.8. The Labute approximate surface area is 120 Å². The van der Waals surface area contributed by atoms with Crippen LogP contribution in [0.25, 0.3) is 0 Å². The fourth-order valence-corrected chi connectivity index (χ4v) is 19.0. The minimum absolute atomic E-state index is 0.480. The van der Waals surface area contributed by atoms with Gasteiger partial charge in [-0.05, 0) is 12.1 Å². The minimum Gasteiger partial charge on any atom is -0.384 e. The van der Waals surface area contributed by atoms with E-state index in [0.29, 0.717) is 0 Å². The molecule has 3 N–H and O–H groups in total. The lowest BCUT2D eigenvalue weighted by molar-refractivity contribution is 0.784. The van der Waals surface area contributed by atoms with Crippen LogP contribution >= 0.6 is 0 Å². The van der Waals surface area contributed by atoms with Gasteiger partial charge in [0, 0.05) is 5.69 Å². The summed E-state index contributed by atoms with van der Waals surface area (Å²) >= 11 is 0. The van der Waals surface area contributed by atoms with Crippen molar-refractivity contribution in [3.8, 4) is 0 Å². The molecule has 0 unspecified atom stereocenters. The van der Waals surface area contributed by atoms with Crippen LogP contribution in [0.3, 0.4) is 0 Å². The van der Waals surface area contributed by atoms with Gasteiger partial charge in [0.1, 0.15) is 0 Å². The quantitative estimate of drug-likeness (QED) is 0.644. The third kappa shape index (κ3) is 3.18. The second-order valence-electron chi connectivity index (χ2n) is 7.09. The van der Waals surface area contributed by atoms with Gasteiger partial charge in [0.25, 0.3) is 0 Å². The maximum Gasteiger partial charge on any atom is 0.374 e. The van der Waals surface area contributed by atoms with Crippen molar-refractivity contribution in [3.05, 3.63) is 30.3 Å². The summed E-state index contributed by atoms with van der Waals surface area (Å²) < 4.78 is 14.1. The highest BCUT2D eigenvalue weighted by Crippen LogP contribution is 2.35. The lowest BCUT2D eigenvalue weighted by atomic mass is 10.3. The first-order chi connectivity index (χ1) is 8.52. The maximum absolute atomic E-state index is 14.6. The van der Waals surface area contributed by atoms with E-state index in [0.717, 1.165) is 5.69 Å². The summed E-state index contributed by atoms with van der Waals surface area (Å²) in [5.41, 5.74) is 0.984. The topological polar surface area (TPSA) is 38.0 Å². The number of anilines is 1. The molecule has 0 aromatic heterocycles. The van der Waals surface area contributed by atoms with E-state index >= 15 is 0 Å². The maximum atomic E-state index is 14.6. The molecule has 0 aliphatic heterocycles. The molecule has 0 spiro atoms. The fraction of sp³-hybridized carbons (Fsp3) is 0.538. The normalized spacial score (nSPS) is 13.7. The van der Waals surface area contributed by atoms with E-state index in [1.54, 1.807) is 0 Å². The molecule has 1 aromatic rings. The number of rotatable bonds is 5. The first-order valence-electron chi connectivity index (χ1n) is 6.64. The van der Waals surface area contributed by atoms with Crippen LogP contribution in [0, 0.1) is 0 Å². The van der Waals surface area contributed by atoms with Gasteiger partial charge in [-0.25, -0.2) is 0 Å². The van der Waals surface area contributed by atoms with Gasteiger partial charge in [0.15, 0.2) is 0 Å². The van der Waals surface area contributed by atoms with Crippen LogP contribution in [0.1, 0.15) is 0 Å². The van der Waals surface area contributed by atoms with E-state index < -0.39 is 29.8 Å². The molecule has 6 heteroatoms. The van der Waals surface area contributed by atoms with Crippen LogP contribution in [0.4, 0.5) is 9.80 Å². The van der Waals surface area contributed by atoms with Crippen LogP contribution in [0.5, 0.6) is 0 Å². The van der Waals surface area contributed by atoms with E-state index in [4.69, 9.17) is 5.40 Å². The van der Waals surface area contributed by atoms with Crippen LogP contribution in [0.15, 0.2) is 30.3 Å². The standard InChI is InChI=1S/C13H26FN2Si3/c1-18(2,3)13(17(14)15,19(4,5)6)16-12-10-8-7-9-11-12/h7-11,16H,15H2,1-6H3. The van der Waals surface area contributed by atoms with Gasteiger partial charge >= 0.3 is 9.29 Å². The number of halogens is 1. The lowest BCUT2D eigenvalue weighted by Crippen LogP contribution is -2.79. The number of hydrogen-bond acceptors (Lipinski definition) is 2. The Kier molecular flexibility index (Phi) is 4.82. The summed E-state index contributed by atoms with van der Waals surface area (Å²) in [6.45, 7) is 13.3. The molecule has 1 rings (SSSR count). The highest BCUT2D eigenvalue weighted by molar-refractivity contribution is 7.10. The third-order valence-corrected chi connectivity index (χ3v) is 19.7. The van der Waals surface area contributed by atoms with Crippen molar-refractivity contribution >= 4 is 31.1 Å². The highest BCUT2D eigenvalue weighted by atomic mass is 28.5. The van der Waals surface area contributed by atoms with Gasteiger partial charge in [-0.15, -0.1) is 0 Å². The van der Waals surface area contributed by atoms with Gasteiger partial charge < -0.3 is 10.7 Å². The van der Waals surface area contributed by atoms with E-state index in [9.17, 15) is 4.11 Å². The molecule has 0 bridgehead atoms. The van der Waals surface area contributed by atoms with Crippen molar-refractivity contribution in [2.75, 3.05) is 5.32 Å². The minimum atomic E-state index is -2.43. The van der Waals surface area contributed by atoms with E-state index in [-0.39, 0.29) is 0 Å². The van der Waals surface area contributed by atoms with Gasteiger partial charge in [-0.1, -0.05) is 57.5 Å². The molecule has 0 aliphatic carbocycles. The molecule has 1 radical (unpaired) electrons. The fourth-order valence-electron chi connectivity index (χ4n) is 3.01. The monoisotopic (exact) mass is 313 g/mol. The smallest absolute Gasteiger partial charge is 0.374 e. The molecular weight excluding hydrogens is 287 g/mol. The number of benzene rings is 1. The number of hydrogen-bond donors (Lipinski definition) is 2. The SMILES string of the molecule is C[Si](C)(C)C(Nc1ccccc1)([Si](N)F)[Si](C)(C)C. The second kappa shape index (κ2) is 5.51. The molecule has 0 saturated heterocycles. The third-order valence-electron chi connectivity index (χ3n) is 3.71. The second-order valence-corrected chi connectivity index (χ2v) is 20.5. The molecule has 0 atom stereocenters. The predicted octanol–water partition coefficient (Wildman–Crippen LogP) is 3.55. The molecular formula is C13H26FN2Si3. The first-order valence-corrected chi connectivity index (χ1v) is 15.1. The van der Waals surface area contributed by atoms with Crippen molar-refractivity contribution in [1.82, 2.24) is 0 Å². The van der Waals surface area contributed by atoms with Crippen LogP contribution in [-0.2, 0) is 0 Å². The average molecular weight is 314 g/mol. The van der Waals surface area contributed by atoms with Crippen molar-refractivity contribution in [2.45, 2.75) is 43.7 Å². The first kappa shape index (κ1) is 16.6. The van der Waals surface area contributed by atoms with Crippen molar-refractivity contribution in [3.63, 3.8) is 0 Å². The average Bonchev–Trinajstić information content (AvgIpc) is 2.23. The number of nitrogens with one attached hydrogen (secondary N) is 1. The molecule has 1 aromatic carbocycles. The molecule has 107 valence electrons. The summed E-state index contributed by atoms with van der Waals surface area (Å²) in [5, 5.41) is 9.47. The Bertz CT molecular complexity index is 396. The van der Waals surface area contributed by atoms with Crippen LogP contribution in [-0.4, -0.2) is 29.8 Å². The molecule has 0 saturated carbocycles. The van der Waals surface area contributed by atoms with Gasteiger partial charge in [0.2, 0.25) is 0 Å². The Morgan fingerprint density at radius 1 is 1.00 bits per heavy atom. The van der Waals surface area contributed by atoms with E-state index in [1.165, 1.54) is 0 Å². The summed E-state index contributed by atoms with van der Waals surface area (Å²) in [5.74, 6) is 0. The molecule has 2 nitrogen and oxygen atoms in total. The Morgan fingerprint density at radius 2 is 1.42 bits per heavy atom. The zero-order valence-corrected chi connectivity index (χ0v) is 15.8. The molecule has 0 heterocycles. The zero-order chi connectivity index (χ0) is 14.9. The van der Waals surface area contributed by atoms with Gasteiger partial charge in [-0.2, -0.15) is 0 Å². The van der Waals surface area contributed by atoms with Crippen molar-refractivity contribution in [1.29, 1.82) is 0 Å². The van der Waals surface area contributed by atoms with Crippen LogP contribution in [0.2, 0.25) is 39.3 Å². The summed E-state index contributed by atoms with van der Waals surface area (Å²) in [4.78, 5) is 0. The van der Waals surface area contributed by atoms with Crippen LogP contribution < -0.4 is 10.7 Å². The van der Waals surface area contributed by atoms with Gasteiger partial charge in [-0.3, -0.25) is 4.11 Å². The van der Waals surface area contributed by atoms with Crippen molar-refractivity contribution < 1.29 is 4.11 Å². The Morgan fingerprint density at radius 3 is 1.74 bits per heavy atom. The Balaban J connectivity index is 3.34. The molecule has 0 amide bonds. The summed E-state index contributed by atoms with van der Waals surface area (Å²) in [7, 11) is -6.08. The number of para-hydroxylation sites is 1. The number of nitrogens with two attached hydrogens (primary N) is 1. The largest absolute Gasteiger partial charge is 0.384 e. The predicted molar refractivity (Wildman–Crippen MR) is 90.5 cm³/mol. The molecule has 19 heavy (non-hydrogen) atoms. The highest BCUT2D eigenvalue weighted by Gasteiger charge is 2.59. The van der Waals surface area contributed by atoms with Crippen molar-refractivity contribution in [2.24, 2.45) is 5.40 Å². The summed E-state index contributed by atoms with van der Waals surface area (Å²) in [6, 6.07) is 9.92. The van der Waals surface area contributed by atoms with E-state index in [1.807, 2.05) is 30.3 Å². The Hall–Kier alpha value is -0.439. The summed E-state index contributed by atoms with van der Waals surface area (Å²) in [6.07, 6.45) is 0.